The van der Waals surface area contributed by atoms with E-state index in [0.29, 0.717) is 21.7 Å². The average Bonchev–Trinajstić information content (AvgIpc) is 3.54. The number of aryl methyl sites for hydroxylation is 2. The van der Waals surface area contributed by atoms with Gasteiger partial charge in [-0.15, -0.1) is 11.3 Å². The van der Waals surface area contributed by atoms with E-state index in [1.54, 1.807) is 23.7 Å². The molecule has 0 radical (unpaired) electrons. The molecule has 5 aromatic rings. The van der Waals surface area contributed by atoms with Crippen LogP contribution in [0.5, 0.6) is 0 Å². The molecule has 0 aliphatic heterocycles. The van der Waals surface area contributed by atoms with Crippen molar-refractivity contribution in [3.8, 4) is 21.3 Å². The predicted molar refractivity (Wildman–Crippen MR) is 128 cm³/mol. The van der Waals surface area contributed by atoms with E-state index in [0.717, 1.165) is 27.0 Å². The average molecular weight is 464 g/mol. The molecule has 5 aromatic heterocycles. The lowest BCUT2D eigenvalue weighted by Gasteiger charge is -2.09. The Labute approximate surface area is 192 Å². The second-order valence-electron chi connectivity index (χ2n) is 7.70. The van der Waals surface area contributed by atoms with Crippen molar-refractivity contribution in [3.05, 3.63) is 53.4 Å². The molecule has 32 heavy (non-hydrogen) atoms. The third-order valence-electron chi connectivity index (χ3n) is 5.12. The summed E-state index contributed by atoms with van der Waals surface area (Å²) in [6.45, 7) is 6.01. The van der Waals surface area contributed by atoms with Crippen molar-refractivity contribution in [1.82, 2.24) is 29.3 Å². The lowest BCUT2D eigenvalue weighted by Crippen LogP contribution is -2.13. The Morgan fingerprint density at radius 2 is 2.09 bits per heavy atom. The Balaban J connectivity index is 1.56. The number of rotatable bonds is 5. The smallest absolute Gasteiger partial charge is 0.258 e. The van der Waals surface area contributed by atoms with Gasteiger partial charge in [0.25, 0.3) is 5.91 Å². The summed E-state index contributed by atoms with van der Waals surface area (Å²) in [5.41, 5.74) is 2.80. The standard InChI is InChI=1S/C22H21N7OS2/c1-12(2)29-19-15(11-24-29)14(10-16(26-19)17-6-5-9-31-17)21(30)27-22-25-13(3)18(32-22)20-23-7-8-28(20)4/h5-12H,1-4H3,(H,25,27,30). The van der Waals surface area contributed by atoms with E-state index in [1.165, 1.54) is 11.3 Å². The number of pyridine rings is 1. The molecule has 162 valence electrons. The molecule has 0 aromatic carbocycles. The van der Waals surface area contributed by atoms with Crippen molar-refractivity contribution >= 4 is 44.7 Å². The van der Waals surface area contributed by atoms with Crippen LogP contribution in [0.3, 0.4) is 0 Å². The molecule has 5 heterocycles. The van der Waals surface area contributed by atoms with Gasteiger partial charge >= 0.3 is 0 Å². The fraction of sp³-hybridized carbons (Fsp3) is 0.227. The van der Waals surface area contributed by atoms with Crippen molar-refractivity contribution in [3.63, 3.8) is 0 Å². The third kappa shape index (κ3) is 3.51. The molecule has 5 rings (SSSR count). The number of nitrogens with one attached hydrogen (secondary N) is 1. The van der Waals surface area contributed by atoms with E-state index in [2.05, 4.69) is 20.4 Å². The number of anilines is 1. The SMILES string of the molecule is Cc1nc(NC(=O)c2cc(-c3cccs3)nc3c2cnn3C(C)C)sc1-c1nccn1C. The summed E-state index contributed by atoms with van der Waals surface area (Å²) in [7, 11) is 1.94. The van der Waals surface area contributed by atoms with Crippen molar-refractivity contribution in [2.24, 2.45) is 7.05 Å². The number of amides is 1. The molecule has 10 heteroatoms. The van der Waals surface area contributed by atoms with Crippen LogP contribution in [0.2, 0.25) is 0 Å². The lowest BCUT2D eigenvalue weighted by molar-refractivity contribution is 0.102. The lowest BCUT2D eigenvalue weighted by atomic mass is 10.1. The van der Waals surface area contributed by atoms with Gasteiger partial charge in [0.1, 0.15) is 0 Å². The summed E-state index contributed by atoms with van der Waals surface area (Å²) >= 11 is 3.00. The molecule has 0 fully saturated rings. The number of thiazole rings is 1. The van der Waals surface area contributed by atoms with E-state index < -0.39 is 0 Å². The number of thiophene rings is 1. The molecular formula is C22H21N7OS2. The molecule has 0 spiro atoms. The molecule has 0 aliphatic carbocycles. The number of fused-ring (bicyclic) bond motifs is 1. The monoisotopic (exact) mass is 463 g/mol. The van der Waals surface area contributed by atoms with Crippen LogP contribution in [0.15, 0.2) is 42.2 Å². The molecule has 1 amide bonds. The van der Waals surface area contributed by atoms with Crippen molar-refractivity contribution in [2.75, 3.05) is 5.32 Å². The zero-order valence-electron chi connectivity index (χ0n) is 18.0. The molecule has 0 aliphatic rings. The van der Waals surface area contributed by atoms with Crippen LogP contribution in [-0.4, -0.2) is 35.2 Å². The second-order valence-corrected chi connectivity index (χ2v) is 9.65. The third-order valence-corrected chi connectivity index (χ3v) is 7.08. The second kappa shape index (κ2) is 7.95. The van der Waals surface area contributed by atoms with Gasteiger partial charge in [0, 0.05) is 25.5 Å². The van der Waals surface area contributed by atoms with Crippen LogP contribution in [-0.2, 0) is 7.05 Å². The van der Waals surface area contributed by atoms with Crippen LogP contribution in [0.25, 0.3) is 32.3 Å². The first-order valence-corrected chi connectivity index (χ1v) is 11.8. The van der Waals surface area contributed by atoms with Crippen molar-refractivity contribution in [2.45, 2.75) is 26.8 Å². The molecule has 8 nitrogen and oxygen atoms in total. The van der Waals surface area contributed by atoms with Crippen LogP contribution < -0.4 is 5.32 Å². The maximum absolute atomic E-state index is 13.4. The van der Waals surface area contributed by atoms with E-state index in [9.17, 15) is 4.79 Å². The quantitative estimate of drug-likeness (QED) is 0.389. The van der Waals surface area contributed by atoms with E-state index in [-0.39, 0.29) is 11.9 Å². The minimum absolute atomic E-state index is 0.122. The Bertz CT molecular complexity index is 1430. The van der Waals surface area contributed by atoms with Gasteiger partial charge < -0.3 is 4.57 Å². The maximum Gasteiger partial charge on any atom is 0.258 e. The van der Waals surface area contributed by atoms with Gasteiger partial charge in [0.2, 0.25) is 0 Å². The van der Waals surface area contributed by atoms with Crippen molar-refractivity contribution in [1.29, 1.82) is 0 Å². The molecule has 1 N–H and O–H groups in total. The minimum Gasteiger partial charge on any atom is -0.333 e. The van der Waals surface area contributed by atoms with Crippen LogP contribution in [0.1, 0.15) is 35.9 Å². The zero-order chi connectivity index (χ0) is 22.4. The summed E-state index contributed by atoms with van der Waals surface area (Å²) in [6, 6.07) is 5.93. The number of nitrogens with zero attached hydrogens (tertiary/aromatic N) is 6. The minimum atomic E-state index is -0.237. The van der Waals surface area contributed by atoms with Gasteiger partial charge in [-0.05, 0) is 38.3 Å². The first-order valence-electron chi connectivity index (χ1n) is 10.1. The largest absolute Gasteiger partial charge is 0.333 e. The summed E-state index contributed by atoms with van der Waals surface area (Å²) < 4.78 is 3.78. The van der Waals surface area contributed by atoms with Crippen LogP contribution in [0, 0.1) is 6.92 Å². The molecule has 0 unspecified atom stereocenters. The maximum atomic E-state index is 13.4. The Kier molecular flexibility index (Phi) is 5.10. The fourth-order valence-corrected chi connectivity index (χ4v) is 5.23. The highest BCUT2D eigenvalue weighted by Crippen LogP contribution is 2.33. The number of imidazole rings is 1. The number of hydrogen-bond donors (Lipinski definition) is 1. The highest BCUT2D eigenvalue weighted by Gasteiger charge is 2.21. The Morgan fingerprint density at radius 1 is 1.25 bits per heavy atom. The fourth-order valence-electron chi connectivity index (χ4n) is 3.54. The van der Waals surface area contributed by atoms with Gasteiger partial charge in [0.05, 0.1) is 38.3 Å². The highest BCUT2D eigenvalue weighted by molar-refractivity contribution is 7.19. The van der Waals surface area contributed by atoms with Gasteiger partial charge in [-0.1, -0.05) is 17.4 Å². The number of aromatic nitrogens is 6. The molecular weight excluding hydrogens is 442 g/mol. The predicted octanol–water partition coefficient (Wildman–Crippen LogP) is 5.16. The molecule has 0 saturated heterocycles. The summed E-state index contributed by atoms with van der Waals surface area (Å²) in [6.07, 6.45) is 5.35. The van der Waals surface area contributed by atoms with Gasteiger partial charge in [-0.25, -0.2) is 19.6 Å². The zero-order valence-corrected chi connectivity index (χ0v) is 19.7. The van der Waals surface area contributed by atoms with Gasteiger partial charge in [0.15, 0.2) is 16.6 Å². The highest BCUT2D eigenvalue weighted by atomic mass is 32.1. The van der Waals surface area contributed by atoms with Gasteiger partial charge in [-0.2, -0.15) is 5.10 Å². The summed E-state index contributed by atoms with van der Waals surface area (Å²) in [5.74, 6) is 0.587. The molecule has 0 atom stereocenters. The Morgan fingerprint density at radius 3 is 2.78 bits per heavy atom. The van der Waals surface area contributed by atoms with Gasteiger partial charge in [-0.3, -0.25) is 10.1 Å². The number of hydrogen-bond acceptors (Lipinski definition) is 7. The Hall–Kier alpha value is -3.37. The van der Waals surface area contributed by atoms with E-state index in [4.69, 9.17) is 4.98 Å². The molecule has 0 saturated carbocycles. The summed E-state index contributed by atoms with van der Waals surface area (Å²) in [5, 5.41) is 10.7. The normalized spacial score (nSPS) is 11.5. The first kappa shape index (κ1) is 20.5. The van der Waals surface area contributed by atoms with Crippen LogP contribution >= 0.6 is 22.7 Å². The topological polar surface area (TPSA) is 90.5 Å². The number of carbonyl (C=O) groups excluding carboxylic acids is 1. The number of carbonyl (C=O) groups is 1. The van der Waals surface area contributed by atoms with Crippen LogP contribution in [0.4, 0.5) is 5.13 Å². The van der Waals surface area contributed by atoms with E-state index >= 15 is 0 Å². The molecule has 0 bridgehead atoms. The van der Waals surface area contributed by atoms with E-state index in [1.807, 2.05) is 66.8 Å². The first-order chi connectivity index (χ1) is 15.4. The summed E-state index contributed by atoms with van der Waals surface area (Å²) in [4.78, 5) is 29.1. The van der Waals surface area contributed by atoms with Crippen molar-refractivity contribution < 1.29 is 4.79 Å².